The molecule has 3 N–H and O–H groups in total. The highest BCUT2D eigenvalue weighted by Gasteiger charge is 2.56. The van der Waals surface area contributed by atoms with Crippen molar-refractivity contribution in [3.63, 3.8) is 0 Å². The van der Waals surface area contributed by atoms with Gasteiger partial charge in [0, 0.05) is 44.2 Å². The molecule has 2 fully saturated rings. The van der Waals surface area contributed by atoms with E-state index in [0.29, 0.717) is 49.9 Å². The maximum absolute atomic E-state index is 13.8. The molecular weight excluding hydrogens is 611 g/mol. The average molecular weight is 648 g/mol. The van der Waals surface area contributed by atoms with Crippen LogP contribution in [0.2, 0.25) is 0 Å². The first-order chi connectivity index (χ1) is 20.9. The molecule has 12 heteroatoms. The molecule has 1 saturated heterocycles. The number of urea groups is 1. The van der Waals surface area contributed by atoms with Crippen LogP contribution in [0.5, 0.6) is 11.5 Å². The van der Waals surface area contributed by atoms with E-state index in [4.69, 9.17) is 9.47 Å². The van der Waals surface area contributed by atoms with Gasteiger partial charge in [0.2, 0.25) is 0 Å². The van der Waals surface area contributed by atoms with Gasteiger partial charge in [-0.1, -0.05) is 45.0 Å². The number of amides is 2. The average Bonchev–Trinajstić information content (AvgIpc) is 3.41. The molecule has 2 amide bonds. The summed E-state index contributed by atoms with van der Waals surface area (Å²) in [7, 11) is 0. The molecule has 0 radical (unpaired) electrons. The summed E-state index contributed by atoms with van der Waals surface area (Å²) in [4.78, 5) is 25.8. The van der Waals surface area contributed by atoms with Gasteiger partial charge in [0.1, 0.15) is 23.9 Å². The zero-order chi connectivity index (χ0) is 31.6. The van der Waals surface area contributed by atoms with Crippen molar-refractivity contribution in [1.82, 2.24) is 10.2 Å². The van der Waals surface area contributed by atoms with Gasteiger partial charge in [-0.3, -0.25) is 0 Å². The van der Waals surface area contributed by atoms with E-state index >= 15 is 0 Å². The molecule has 3 aromatic rings. The Morgan fingerprint density at radius 2 is 1.53 bits per heavy atom. The van der Waals surface area contributed by atoms with Crippen molar-refractivity contribution in [3.8, 4) is 11.5 Å². The molecule has 4 atom stereocenters. The number of nitrogens with zero attached hydrogens (tertiary/aromatic N) is 1. The van der Waals surface area contributed by atoms with Crippen LogP contribution >= 0.6 is 12.4 Å². The summed E-state index contributed by atoms with van der Waals surface area (Å²) in [5, 5.41) is 15.4. The number of carboxylic acid groups (broad SMARTS) is 1. The van der Waals surface area contributed by atoms with E-state index in [0.717, 1.165) is 11.1 Å². The fourth-order valence-corrected chi connectivity index (χ4v) is 5.52. The van der Waals surface area contributed by atoms with Crippen LogP contribution in [0.4, 0.5) is 23.7 Å². The molecule has 8 nitrogen and oxygen atoms in total. The number of rotatable bonds is 11. The molecule has 0 bridgehead atoms. The molecule has 1 aliphatic heterocycles. The third-order valence-electron chi connectivity index (χ3n) is 8.10. The number of piperidine rings is 1. The van der Waals surface area contributed by atoms with E-state index in [1.54, 1.807) is 24.3 Å². The number of fused-ring (bicyclic) bond motifs is 1. The van der Waals surface area contributed by atoms with Crippen molar-refractivity contribution in [3.05, 3.63) is 89.2 Å². The monoisotopic (exact) mass is 647 g/mol. The Bertz CT molecular complexity index is 1490. The van der Waals surface area contributed by atoms with Crippen LogP contribution < -0.4 is 20.1 Å². The van der Waals surface area contributed by atoms with Crippen LogP contribution in [0.15, 0.2) is 60.7 Å². The topological polar surface area (TPSA) is 100 Å². The van der Waals surface area contributed by atoms with E-state index in [1.165, 1.54) is 4.90 Å². The lowest BCUT2D eigenvalue weighted by Gasteiger charge is -2.21. The number of carbonyl (C=O) groups is 2. The zero-order valence-corrected chi connectivity index (χ0v) is 26.0. The van der Waals surface area contributed by atoms with E-state index in [9.17, 15) is 27.9 Å². The highest BCUT2D eigenvalue weighted by molar-refractivity contribution is 5.89. The van der Waals surface area contributed by atoms with Crippen molar-refractivity contribution < 1.29 is 37.3 Å². The minimum atomic E-state index is -1.31. The smallest absolute Gasteiger partial charge is 0.345 e. The van der Waals surface area contributed by atoms with Gasteiger partial charge < -0.3 is 30.1 Å². The molecule has 3 aromatic carbocycles. The normalized spacial score (nSPS) is 19.2. The largest absolute Gasteiger partial charge is 0.492 e. The third kappa shape index (κ3) is 8.40. The summed E-state index contributed by atoms with van der Waals surface area (Å²) in [5.41, 5.74) is 1.54. The molecule has 1 aliphatic carbocycles. The SMILES string of the molecule is CC(C)(C)c1ccc(O[C@@H](Cc2ccc(OCCNC3C4CN(C(=O)Nc5cc(F)c(F)cc5F)C[C@@H]43)cc2)C(=O)O)cc1.Cl. The second-order valence-corrected chi connectivity index (χ2v) is 12.3. The van der Waals surface area contributed by atoms with Crippen molar-refractivity contribution >= 4 is 30.1 Å². The van der Waals surface area contributed by atoms with Crippen molar-refractivity contribution in [1.29, 1.82) is 0 Å². The van der Waals surface area contributed by atoms with Crippen LogP contribution in [0, 0.1) is 29.3 Å². The van der Waals surface area contributed by atoms with Crippen LogP contribution in [0.1, 0.15) is 31.9 Å². The standard InChI is InChI=1S/C33H36F3N3O5.ClH/c1-33(2,3)20-6-10-22(11-7-20)44-29(31(40)41)14-19-4-8-21(9-5-19)43-13-12-37-30-23-17-39(18-24(23)30)32(42)38-28-16-26(35)25(34)15-27(28)36;/h4-11,15-16,23-24,29-30,37H,12-14,17-18H2,1-3H3,(H,38,42)(H,40,41);1H/t23-,24?,29-,30?;/m0./s1. The summed E-state index contributed by atoms with van der Waals surface area (Å²) >= 11 is 0. The van der Waals surface area contributed by atoms with Crippen molar-refractivity contribution in [2.45, 2.75) is 44.8 Å². The Balaban J connectivity index is 0.00000461. The van der Waals surface area contributed by atoms with Gasteiger partial charge >= 0.3 is 12.0 Å². The first-order valence-electron chi connectivity index (χ1n) is 14.5. The molecule has 0 spiro atoms. The summed E-state index contributed by atoms with van der Waals surface area (Å²) in [6.07, 6.45) is -0.827. The number of benzene rings is 3. The lowest BCUT2D eigenvalue weighted by Crippen LogP contribution is -2.39. The fourth-order valence-electron chi connectivity index (χ4n) is 5.52. The number of anilines is 1. The summed E-state index contributed by atoms with van der Waals surface area (Å²) in [5.74, 6) is -2.94. The molecule has 1 saturated carbocycles. The van der Waals surface area contributed by atoms with Gasteiger partial charge in [-0.25, -0.2) is 22.8 Å². The van der Waals surface area contributed by atoms with Crippen LogP contribution in [-0.2, 0) is 16.6 Å². The van der Waals surface area contributed by atoms with E-state index in [-0.39, 0.29) is 42.1 Å². The quantitative estimate of drug-likeness (QED) is 0.174. The number of nitrogens with one attached hydrogen (secondary N) is 2. The van der Waals surface area contributed by atoms with Gasteiger partial charge in [-0.15, -0.1) is 12.4 Å². The number of aliphatic carboxylic acids is 1. The maximum Gasteiger partial charge on any atom is 0.345 e. The molecule has 0 aromatic heterocycles. The van der Waals surface area contributed by atoms with Crippen molar-refractivity contribution in [2.75, 3.05) is 31.6 Å². The van der Waals surface area contributed by atoms with Gasteiger partial charge in [-0.2, -0.15) is 0 Å². The van der Waals surface area contributed by atoms with Gasteiger partial charge in [0.05, 0.1) is 5.69 Å². The van der Waals surface area contributed by atoms with Gasteiger partial charge in [-0.05, 0) is 52.6 Å². The Morgan fingerprint density at radius 1 is 0.933 bits per heavy atom. The molecule has 45 heavy (non-hydrogen) atoms. The van der Waals surface area contributed by atoms with E-state index < -0.39 is 41.2 Å². The van der Waals surface area contributed by atoms with Crippen LogP contribution in [-0.4, -0.2) is 60.4 Å². The summed E-state index contributed by atoms with van der Waals surface area (Å²) in [6.45, 7) is 8.29. The molecular formula is C33H37ClF3N3O5. The summed E-state index contributed by atoms with van der Waals surface area (Å²) < 4.78 is 52.0. The first kappa shape index (κ1) is 33.9. The van der Waals surface area contributed by atoms with Crippen molar-refractivity contribution in [2.24, 2.45) is 11.8 Å². The van der Waals surface area contributed by atoms with Gasteiger partial charge in [0.15, 0.2) is 17.7 Å². The number of ether oxygens (including phenoxy) is 2. The number of carboxylic acids is 1. The predicted molar refractivity (Wildman–Crippen MR) is 166 cm³/mol. The molecule has 242 valence electrons. The zero-order valence-electron chi connectivity index (χ0n) is 25.2. The molecule has 2 aliphatic rings. The molecule has 1 heterocycles. The second-order valence-electron chi connectivity index (χ2n) is 12.3. The molecule has 5 rings (SSSR count). The van der Waals surface area contributed by atoms with Gasteiger partial charge in [0.25, 0.3) is 0 Å². The third-order valence-corrected chi connectivity index (χ3v) is 8.10. The highest BCUT2D eigenvalue weighted by atomic mass is 35.5. The molecule has 2 unspecified atom stereocenters. The highest BCUT2D eigenvalue weighted by Crippen LogP contribution is 2.45. The number of hydrogen-bond donors (Lipinski definition) is 3. The lowest BCUT2D eigenvalue weighted by molar-refractivity contribution is -0.145. The Kier molecular flexibility index (Phi) is 10.5. The minimum absolute atomic E-state index is 0. The fraction of sp³-hybridized carbons (Fsp3) is 0.394. The van der Waals surface area contributed by atoms with E-state index in [1.807, 2.05) is 24.3 Å². The summed E-state index contributed by atoms with van der Waals surface area (Å²) in [6, 6.07) is 15.4. The van der Waals surface area contributed by atoms with Crippen LogP contribution in [0.3, 0.4) is 0 Å². The van der Waals surface area contributed by atoms with Crippen LogP contribution in [0.25, 0.3) is 0 Å². The predicted octanol–water partition coefficient (Wildman–Crippen LogP) is 6.03. The number of hydrogen-bond acceptors (Lipinski definition) is 5. The lowest BCUT2D eigenvalue weighted by atomic mass is 9.87. The maximum atomic E-state index is 13.8. The second kappa shape index (κ2) is 14.0. The Morgan fingerprint density at radius 3 is 2.13 bits per heavy atom. The number of likely N-dealkylation sites (tertiary alicyclic amines) is 1. The Labute approximate surface area is 266 Å². The Hall–Kier alpha value is -3.96. The first-order valence-corrected chi connectivity index (χ1v) is 14.5. The number of carbonyl (C=O) groups excluding carboxylic acids is 1. The number of halogens is 4. The van der Waals surface area contributed by atoms with E-state index in [2.05, 4.69) is 31.4 Å². The minimum Gasteiger partial charge on any atom is -0.492 e.